The van der Waals surface area contributed by atoms with Gasteiger partial charge in [-0.2, -0.15) is 0 Å². The standard InChI is InChI=1S/C24H22Si2.C21H22Si.C18H16Si.C18H40Si.C12H28Si.C9H28Si4.C9H22Si.C6H16Si.C5H14O2Si.C3H10O3Si.CH2O.Cl3HSi/c1-5-13-21(14-6-1)25(22-15-7-2-8-16-22)26(23-17-9-3-10-18-23)24-19-11-4-12-20-24;1-4-10-19(11-5-1)16-22(17-20-12-6-2-7-13-20)18-21-14-8-3-9-15-21;1-4-10-16(11-5-1)19(17-12-6-2-7-13-17)18-14-8-3-9-15-18;1-4-7-10-13-16-19(17-14-11-8-5-2)18-15-12-9-6-3;1-4-7-10-13(11-8-5-2)12-9-6-3;1-10(2)9-11(12(3,4)5)13(6,7)8;1-6-7-10(8(2)3)9(4)5;1-4-7(5-2)6-3;1-4-6-8(3)7-5-2;1-5-7(3-4)6-2;1-2;1-4(2)3/h1-20,25-26H;1-15,22H,16-18H2;1-15,19H;19H,4-18H2,1-3H3;13H,4-12H2,1-3H3;10-11H,9H2,1-8H3;8-10H,6-7H2,1-5H3;7H,4-6H2,1-3H3;8H,4-5H2,1-3H3;4,7H,3H2,1-2H3;1H2;4H. The quantitative estimate of drug-likeness (QED) is 0.0177. The van der Waals surface area contributed by atoms with E-state index >= 15 is 0 Å². The highest BCUT2D eigenvalue weighted by Crippen LogP contribution is 2.26. The van der Waals surface area contributed by atoms with E-state index in [9.17, 15) is 0 Å². The molecule has 0 atom stereocenters. The number of carbonyl (C=O) groups is 1. The van der Waals surface area contributed by atoms with E-state index in [1.54, 1.807) is 81.9 Å². The summed E-state index contributed by atoms with van der Waals surface area (Å²) in [7, 11) is -8.05. The van der Waals surface area contributed by atoms with Crippen LogP contribution in [0.5, 0.6) is 0 Å². The molecule has 6 nitrogen and oxygen atoms in total. The first kappa shape index (κ1) is 148. The van der Waals surface area contributed by atoms with Gasteiger partial charge in [0, 0.05) is 94.4 Å². The number of hydrogen-bond donors (Lipinski definition) is 1. The number of unbranched alkanes of at least 4 members (excludes halogenated alkanes) is 12. The molecular weight excluding hydrogens is 2140 g/mol. The summed E-state index contributed by atoms with van der Waals surface area (Å²) in [6.45, 7) is 61.5. The largest absolute Gasteiger partial charge is 0.399 e. The molecule has 0 aliphatic carbocycles. The Morgan fingerprint density at radius 3 is 0.687 bits per heavy atom. The average molecular weight is 2360 g/mol. The van der Waals surface area contributed by atoms with Crippen molar-refractivity contribution in [1.82, 2.24) is 0 Å². The molecule has 10 aromatic carbocycles. The minimum atomic E-state index is -1.72. The van der Waals surface area contributed by atoms with Crippen LogP contribution in [0.15, 0.2) is 303 Å². The number of aliphatic hydroxyl groups is 1. The molecule has 0 radical (unpaired) electrons. The molecule has 1 N–H and O–H groups in total. The highest BCUT2D eigenvalue weighted by Gasteiger charge is 2.39. The molecule has 0 saturated heterocycles. The van der Waals surface area contributed by atoms with Crippen LogP contribution in [0.2, 0.25) is 136 Å². The van der Waals surface area contributed by atoms with Crippen LogP contribution in [-0.4, -0.2) is 172 Å². The number of halogens is 3. The van der Waals surface area contributed by atoms with Gasteiger partial charge in [-0.05, 0) is 38.5 Å². The summed E-state index contributed by atoms with van der Waals surface area (Å²) >= 11 is 14.8. The minimum absolute atomic E-state index is 0.0486. The Morgan fingerprint density at radius 1 is 0.300 bits per heavy atom. The Kier molecular flexibility index (Phi) is 98.8. The Hall–Kier alpha value is -4.21. The molecule has 0 saturated carbocycles. The summed E-state index contributed by atoms with van der Waals surface area (Å²) in [5.74, 6) is 0. The van der Waals surface area contributed by atoms with Gasteiger partial charge in [-0.1, -0.05) is 705 Å². The Labute approximate surface area is 962 Å². The first-order valence-corrected chi connectivity index (χ1v) is 101. The zero-order valence-corrected chi connectivity index (χ0v) is 120. The van der Waals surface area contributed by atoms with E-state index in [4.69, 9.17) is 60.8 Å². The predicted molar refractivity (Wildman–Crippen MR) is 727 cm³/mol. The van der Waals surface area contributed by atoms with Crippen molar-refractivity contribution in [3.05, 3.63) is 320 Å². The third kappa shape index (κ3) is 77.3. The topological polar surface area (TPSA) is 74.2 Å². The monoisotopic (exact) mass is 2360 g/mol. The maximum absolute atomic E-state index is 8.34. The molecule has 0 unspecified atom stereocenters. The molecule has 842 valence electrons. The highest BCUT2D eigenvalue weighted by atomic mass is 35.8. The van der Waals surface area contributed by atoms with Gasteiger partial charge in [0.05, 0.1) is 15.0 Å². The second-order valence-corrected chi connectivity index (χ2v) is 116. The summed E-state index contributed by atoms with van der Waals surface area (Å²) in [5.41, 5.74) is 8.22. The maximum Gasteiger partial charge on any atom is 0.347 e. The van der Waals surface area contributed by atoms with Crippen LogP contribution >= 0.6 is 33.2 Å². The lowest BCUT2D eigenvalue weighted by Gasteiger charge is -2.38. The lowest BCUT2D eigenvalue weighted by Crippen LogP contribution is -2.65. The molecule has 150 heavy (non-hydrogen) atoms. The zero-order valence-electron chi connectivity index (χ0n) is 100. The lowest BCUT2D eigenvalue weighted by molar-refractivity contribution is -0.0980. The smallest absolute Gasteiger partial charge is 0.347 e. The van der Waals surface area contributed by atoms with Crippen molar-refractivity contribution in [2.24, 2.45) is 0 Å². The molecular formula is C126H221Cl3O6Si15. The minimum Gasteiger partial charge on any atom is -0.399 e. The van der Waals surface area contributed by atoms with Crippen LogP contribution in [0, 0.1) is 0 Å². The Morgan fingerprint density at radius 2 is 0.527 bits per heavy atom. The fourth-order valence-electron chi connectivity index (χ4n) is 20.2. The first-order chi connectivity index (χ1) is 72.3. The summed E-state index contributed by atoms with van der Waals surface area (Å²) in [5, 5.41) is 18.9. The Balaban J connectivity index is 0. The van der Waals surface area contributed by atoms with Gasteiger partial charge in [0.2, 0.25) is 0 Å². The molecule has 24 heteroatoms. The van der Waals surface area contributed by atoms with Gasteiger partial charge < -0.3 is 27.6 Å². The van der Waals surface area contributed by atoms with E-state index in [1.165, 1.54) is 192 Å². The van der Waals surface area contributed by atoms with Crippen molar-refractivity contribution in [2.45, 2.75) is 387 Å². The normalized spacial score (nSPS) is 11.1. The molecule has 0 aliphatic heterocycles. The van der Waals surface area contributed by atoms with E-state index in [2.05, 4.69) is 453 Å². The summed E-state index contributed by atoms with van der Waals surface area (Å²) in [6, 6.07) is 130. The van der Waals surface area contributed by atoms with Gasteiger partial charge in [0.1, 0.15) is 32.2 Å². The van der Waals surface area contributed by atoms with Crippen molar-refractivity contribution in [1.29, 1.82) is 0 Å². The van der Waals surface area contributed by atoms with Crippen LogP contribution in [0.1, 0.15) is 249 Å². The second-order valence-electron chi connectivity index (χ2n) is 43.7. The van der Waals surface area contributed by atoms with Gasteiger partial charge in [0.25, 0.3) is 0 Å². The average Bonchev–Trinajstić information content (AvgIpc) is 0.785. The van der Waals surface area contributed by atoms with E-state index in [-0.39, 0.29) is 58.0 Å². The van der Waals surface area contributed by atoms with Crippen molar-refractivity contribution >= 4 is 203 Å². The van der Waals surface area contributed by atoms with Crippen molar-refractivity contribution in [3.63, 3.8) is 0 Å². The third-order valence-electron chi connectivity index (χ3n) is 28.1. The van der Waals surface area contributed by atoms with Crippen LogP contribution in [-0.2, 0) is 40.6 Å². The van der Waals surface area contributed by atoms with Gasteiger partial charge >= 0.3 is 25.3 Å². The van der Waals surface area contributed by atoms with Gasteiger partial charge in [0.15, 0.2) is 0 Å². The molecule has 10 aromatic rings. The Bertz CT molecular complexity index is 4010. The van der Waals surface area contributed by atoms with Gasteiger partial charge in [-0.15, -0.1) is 33.2 Å². The van der Waals surface area contributed by atoms with E-state index in [0.717, 1.165) is 24.3 Å². The van der Waals surface area contributed by atoms with Crippen LogP contribution in [0.3, 0.4) is 0 Å². The predicted octanol–water partition coefficient (Wildman–Crippen LogP) is 30.2. The SMILES string of the molecule is C=O.CCCCCC[SiH](CCCCCC)CCCCCC.CCCC[SiH](CCCC)CCCC.CCC[SiH](C(C)C)C(C)C.CCO[SiH](C)OCC.CC[SiH](CC)CC.CO[SiH](CO)OC.C[SiH](C)C[SiH]([Si](C)(C)C)[Si](C)(C)C.Cl[SiH](Cl)Cl.c1ccc(C[SiH](Cc2ccccc2)Cc2ccccc2)cc1.c1ccc([SiH](c2ccccc2)[SiH](c2ccccc2)c2ccccc2)cc1.c1ccc([SiH](c2ccccc2)c2ccccc2)cc1. The van der Waals surface area contributed by atoms with Crippen LogP contribution < -0.4 is 36.3 Å². The molecule has 0 aliphatic rings. The van der Waals surface area contributed by atoms with Crippen molar-refractivity contribution < 1.29 is 27.6 Å². The van der Waals surface area contributed by atoms with Crippen molar-refractivity contribution in [3.8, 4) is 0 Å². The molecule has 0 spiro atoms. The van der Waals surface area contributed by atoms with Crippen molar-refractivity contribution in [2.75, 3.05) is 33.7 Å². The number of hydrogen-bond acceptors (Lipinski definition) is 6. The summed E-state index contributed by atoms with van der Waals surface area (Å²) in [4.78, 5) is 8.00. The summed E-state index contributed by atoms with van der Waals surface area (Å²) in [6.07, 6.45) is 27.9. The molecule has 0 amide bonds. The second kappa shape index (κ2) is 100. The van der Waals surface area contributed by atoms with Crippen LogP contribution in [0.25, 0.3) is 0 Å². The maximum atomic E-state index is 8.34. The number of benzene rings is 10. The summed E-state index contributed by atoms with van der Waals surface area (Å²) < 4.78 is 19.8. The molecule has 10 rings (SSSR count). The first-order valence-electron chi connectivity index (χ1n) is 58.9. The number of rotatable bonds is 56. The lowest BCUT2D eigenvalue weighted by atomic mass is 10.2. The molecule has 0 aromatic heterocycles. The highest BCUT2D eigenvalue weighted by molar-refractivity contribution is 7.61. The molecule has 0 heterocycles. The van der Waals surface area contributed by atoms with Gasteiger partial charge in [-0.25, -0.2) is 0 Å². The van der Waals surface area contributed by atoms with E-state index in [1.807, 2.05) is 27.2 Å². The zero-order chi connectivity index (χ0) is 112. The van der Waals surface area contributed by atoms with E-state index < -0.39 is 74.7 Å². The molecule has 0 bridgehead atoms. The van der Waals surface area contributed by atoms with E-state index in [0.29, 0.717) is 0 Å². The van der Waals surface area contributed by atoms with Crippen LogP contribution in [0.4, 0.5) is 0 Å². The number of aliphatic hydroxyl groups excluding tert-OH is 1. The molecule has 0 fully saturated rings. The fourth-order valence-corrected chi connectivity index (χ4v) is 117. The fraction of sp³-hybridized carbons (Fsp3) is 0.516. The number of carbonyl (C=O) groups excluding carboxylic acids is 1. The third-order valence-corrected chi connectivity index (χ3v) is 107. The van der Waals surface area contributed by atoms with Gasteiger partial charge in [-0.3, -0.25) is 0 Å².